The van der Waals surface area contributed by atoms with Crippen molar-refractivity contribution in [3.63, 3.8) is 0 Å². The molecule has 2 aromatic rings. The van der Waals surface area contributed by atoms with Crippen LogP contribution in [0.5, 0.6) is 0 Å². The van der Waals surface area contributed by atoms with Crippen molar-refractivity contribution >= 4 is 11.0 Å². The summed E-state index contributed by atoms with van der Waals surface area (Å²) in [6.45, 7) is 3.31. The molecule has 0 radical (unpaired) electrons. The Labute approximate surface area is 96.6 Å². The predicted molar refractivity (Wildman–Crippen MR) is 67.6 cm³/mol. The smallest absolute Gasteiger partial charge is 0.134 e. The van der Waals surface area contributed by atoms with Gasteiger partial charge in [-0.2, -0.15) is 0 Å². The van der Waals surface area contributed by atoms with Crippen LogP contribution in [0.4, 0.5) is 0 Å². The van der Waals surface area contributed by atoms with Crippen LogP contribution in [-0.4, -0.2) is 13.6 Å². The average Bonchev–Trinajstić information content (AvgIpc) is 2.72. The number of para-hydroxylation sites is 1. The van der Waals surface area contributed by atoms with Crippen molar-refractivity contribution in [1.82, 2.24) is 5.32 Å². The van der Waals surface area contributed by atoms with Crippen LogP contribution < -0.4 is 5.32 Å². The van der Waals surface area contributed by atoms with Gasteiger partial charge >= 0.3 is 0 Å². The van der Waals surface area contributed by atoms with Gasteiger partial charge in [-0.1, -0.05) is 31.5 Å². The molecule has 1 atom stereocenters. The molecule has 1 aromatic carbocycles. The van der Waals surface area contributed by atoms with Crippen molar-refractivity contribution in [2.75, 3.05) is 13.6 Å². The first-order valence-electron chi connectivity index (χ1n) is 5.94. The highest BCUT2D eigenvalue weighted by atomic mass is 16.3. The molecule has 2 rings (SSSR count). The van der Waals surface area contributed by atoms with E-state index in [-0.39, 0.29) is 0 Å². The zero-order valence-corrected chi connectivity index (χ0v) is 9.99. The van der Waals surface area contributed by atoms with Gasteiger partial charge in [-0.3, -0.25) is 0 Å². The topological polar surface area (TPSA) is 25.2 Å². The molecule has 1 N–H and O–H groups in total. The third kappa shape index (κ3) is 2.27. The first-order valence-corrected chi connectivity index (χ1v) is 5.94. The summed E-state index contributed by atoms with van der Waals surface area (Å²) in [5.74, 6) is 0.686. The Morgan fingerprint density at radius 3 is 2.88 bits per heavy atom. The summed E-state index contributed by atoms with van der Waals surface area (Å²) < 4.78 is 5.55. The molecule has 86 valence electrons. The van der Waals surface area contributed by atoms with E-state index in [4.69, 9.17) is 4.42 Å². The zero-order valence-electron chi connectivity index (χ0n) is 9.99. The molecule has 2 nitrogen and oxygen atoms in total. The summed E-state index contributed by atoms with van der Waals surface area (Å²) in [5.41, 5.74) is 2.33. The van der Waals surface area contributed by atoms with Gasteiger partial charge in [-0.15, -0.1) is 0 Å². The number of furan rings is 1. The molecule has 0 amide bonds. The lowest BCUT2D eigenvalue weighted by Gasteiger charge is -2.12. The Morgan fingerprint density at radius 2 is 2.12 bits per heavy atom. The number of hydrogen-bond donors (Lipinski definition) is 1. The molecule has 0 bridgehead atoms. The second-order valence-corrected chi connectivity index (χ2v) is 4.29. The van der Waals surface area contributed by atoms with Crippen molar-refractivity contribution in [1.29, 1.82) is 0 Å². The second kappa shape index (κ2) is 5.17. The molecule has 1 heterocycles. The zero-order chi connectivity index (χ0) is 11.4. The van der Waals surface area contributed by atoms with Crippen molar-refractivity contribution in [3.8, 4) is 0 Å². The molecule has 1 unspecified atom stereocenters. The fraction of sp³-hybridized carbons (Fsp3) is 0.429. The normalized spacial score (nSPS) is 13.1. The molecule has 0 aliphatic rings. The molecule has 0 spiro atoms. The number of rotatable bonds is 5. The standard InChI is InChI=1S/C14H19NO/c1-3-11(9-15-2)8-12-10-16-14-7-5-4-6-13(12)14/h4-7,10-11,15H,3,8-9H2,1-2H3. The van der Waals surface area contributed by atoms with E-state index in [1.54, 1.807) is 0 Å². The number of nitrogens with one attached hydrogen (secondary N) is 1. The first kappa shape index (κ1) is 11.2. The van der Waals surface area contributed by atoms with Crippen LogP contribution in [0.3, 0.4) is 0 Å². The lowest BCUT2D eigenvalue weighted by molar-refractivity contribution is 0.478. The van der Waals surface area contributed by atoms with Crippen LogP contribution in [0.1, 0.15) is 18.9 Å². The maximum atomic E-state index is 5.55. The Morgan fingerprint density at radius 1 is 1.31 bits per heavy atom. The van der Waals surface area contributed by atoms with Gasteiger partial charge in [0.05, 0.1) is 6.26 Å². The van der Waals surface area contributed by atoms with Gasteiger partial charge in [-0.25, -0.2) is 0 Å². The van der Waals surface area contributed by atoms with Gasteiger partial charge in [0.1, 0.15) is 5.58 Å². The van der Waals surface area contributed by atoms with Crippen molar-refractivity contribution in [3.05, 3.63) is 36.1 Å². The van der Waals surface area contributed by atoms with Crippen LogP contribution in [-0.2, 0) is 6.42 Å². The second-order valence-electron chi connectivity index (χ2n) is 4.29. The minimum atomic E-state index is 0.686. The molecule has 0 aliphatic carbocycles. The summed E-state index contributed by atoms with van der Waals surface area (Å²) in [4.78, 5) is 0. The third-order valence-electron chi connectivity index (χ3n) is 3.14. The largest absolute Gasteiger partial charge is 0.464 e. The Bertz CT molecular complexity index is 447. The maximum absolute atomic E-state index is 5.55. The molecular weight excluding hydrogens is 198 g/mol. The molecule has 0 fully saturated rings. The molecule has 2 heteroatoms. The highest BCUT2D eigenvalue weighted by Crippen LogP contribution is 2.23. The average molecular weight is 217 g/mol. The van der Waals surface area contributed by atoms with Crippen LogP contribution in [0.15, 0.2) is 34.9 Å². The van der Waals surface area contributed by atoms with E-state index >= 15 is 0 Å². The van der Waals surface area contributed by atoms with Gasteiger partial charge < -0.3 is 9.73 Å². The monoisotopic (exact) mass is 217 g/mol. The molecule has 0 saturated heterocycles. The van der Waals surface area contributed by atoms with Crippen LogP contribution in [0, 0.1) is 5.92 Å². The fourth-order valence-electron chi connectivity index (χ4n) is 2.15. The van der Waals surface area contributed by atoms with E-state index in [0.717, 1.165) is 18.5 Å². The van der Waals surface area contributed by atoms with Crippen LogP contribution >= 0.6 is 0 Å². The van der Waals surface area contributed by atoms with Crippen molar-refractivity contribution < 1.29 is 4.42 Å². The number of fused-ring (bicyclic) bond motifs is 1. The Balaban J connectivity index is 2.20. The quantitative estimate of drug-likeness (QED) is 0.832. The third-order valence-corrected chi connectivity index (χ3v) is 3.14. The highest BCUT2D eigenvalue weighted by Gasteiger charge is 2.11. The van der Waals surface area contributed by atoms with Crippen LogP contribution in [0.25, 0.3) is 11.0 Å². The summed E-state index contributed by atoms with van der Waals surface area (Å²) in [6, 6.07) is 8.25. The van der Waals surface area contributed by atoms with Gasteiger partial charge in [0.2, 0.25) is 0 Å². The maximum Gasteiger partial charge on any atom is 0.134 e. The van der Waals surface area contributed by atoms with Crippen molar-refractivity contribution in [2.45, 2.75) is 19.8 Å². The Kier molecular flexibility index (Phi) is 3.62. The van der Waals surface area contributed by atoms with E-state index in [1.807, 2.05) is 25.4 Å². The number of benzene rings is 1. The Hall–Kier alpha value is -1.28. The minimum Gasteiger partial charge on any atom is -0.464 e. The molecule has 16 heavy (non-hydrogen) atoms. The molecule has 0 saturated carbocycles. The molecular formula is C14H19NO. The van der Waals surface area contributed by atoms with Gasteiger partial charge in [0.25, 0.3) is 0 Å². The summed E-state index contributed by atoms with van der Waals surface area (Å²) in [7, 11) is 2.01. The summed E-state index contributed by atoms with van der Waals surface area (Å²) in [6.07, 6.45) is 4.19. The van der Waals surface area contributed by atoms with E-state index in [1.165, 1.54) is 17.4 Å². The molecule has 1 aromatic heterocycles. The van der Waals surface area contributed by atoms with E-state index in [9.17, 15) is 0 Å². The summed E-state index contributed by atoms with van der Waals surface area (Å²) in [5, 5.41) is 4.51. The highest BCUT2D eigenvalue weighted by molar-refractivity contribution is 5.80. The lowest BCUT2D eigenvalue weighted by atomic mass is 9.96. The van der Waals surface area contributed by atoms with Crippen LogP contribution in [0.2, 0.25) is 0 Å². The van der Waals surface area contributed by atoms with Gasteiger partial charge in [-0.05, 0) is 37.6 Å². The SMILES string of the molecule is CCC(CNC)Cc1coc2ccccc12. The number of hydrogen-bond acceptors (Lipinski definition) is 2. The first-order chi connectivity index (χ1) is 7.85. The van der Waals surface area contributed by atoms with E-state index < -0.39 is 0 Å². The lowest BCUT2D eigenvalue weighted by Crippen LogP contribution is -2.19. The molecule has 0 aliphatic heterocycles. The van der Waals surface area contributed by atoms with Gasteiger partial charge in [0.15, 0.2) is 0 Å². The summed E-state index contributed by atoms with van der Waals surface area (Å²) >= 11 is 0. The fourth-order valence-corrected chi connectivity index (χ4v) is 2.15. The van der Waals surface area contributed by atoms with E-state index in [2.05, 4.69) is 24.4 Å². The van der Waals surface area contributed by atoms with Crippen molar-refractivity contribution in [2.24, 2.45) is 5.92 Å². The van der Waals surface area contributed by atoms with E-state index in [0.29, 0.717) is 5.92 Å². The minimum absolute atomic E-state index is 0.686. The predicted octanol–water partition coefficient (Wildman–Crippen LogP) is 3.22. The van der Waals surface area contributed by atoms with Gasteiger partial charge in [0, 0.05) is 5.39 Å².